The molecule has 2 spiro atoms. The second-order valence-corrected chi connectivity index (χ2v) is 16.4. The summed E-state index contributed by atoms with van der Waals surface area (Å²) in [5.74, 6) is 0.364. The van der Waals surface area contributed by atoms with E-state index in [1.54, 1.807) is 16.2 Å². The molecule has 2 bridgehead atoms. The monoisotopic (exact) mass is 629 g/mol. The van der Waals surface area contributed by atoms with E-state index in [4.69, 9.17) is 4.74 Å². The predicted molar refractivity (Wildman–Crippen MR) is 176 cm³/mol. The van der Waals surface area contributed by atoms with E-state index in [-0.39, 0.29) is 47.7 Å². The average Bonchev–Trinajstić information content (AvgIpc) is 3.57. The highest BCUT2D eigenvalue weighted by Crippen LogP contribution is 2.78. The molecule has 6 nitrogen and oxygen atoms in total. The topological polar surface area (TPSA) is 87.1 Å². The minimum atomic E-state index is -1.14. The zero-order valence-electron chi connectivity index (χ0n) is 27.1. The van der Waals surface area contributed by atoms with Crippen LogP contribution in [0.25, 0.3) is 0 Å². The van der Waals surface area contributed by atoms with Gasteiger partial charge in [-0.15, -0.1) is 11.3 Å². The lowest BCUT2D eigenvalue weighted by Crippen LogP contribution is -2.67. The van der Waals surface area contributed by atoms with Crippen molar-refractivity contribution in [2.45, 2.75) is 90.9 Å². The molecule has 6 aliphatic carbocycles. The van der Waals surface area contributed by atoms with Crippen LogP contribution in [0.1, 0.15) is 85.8 Å². The standard InChI is InChI=1S/C38H47NO5S/c1-5-44-33(42)39(23-26-9-7-6-8-10-26)24-37(43)18-15-31-35(37,4)17-14-30-34(3)16-13-27(40)21-36(34)19-20-38(30,31)28(22-36)32(41)29-12-11-25(2)45-29/h6-12,19-20,22,27,30-31,40,43H,5,13-18,21,23-24H2,1-4H3. The number of hydrogen-bond donors (Lipinski definition) is 2. The maximum atomic E-state index is 14.6. The van der Waals surface area contributed by atoms with Crippen LogP contribution in [-0.4, -0.2) is 51.8 Å². The smallest absolute Gasteiger partial charge is 0.410 e. The number of carbonyl (C=O) groups excluding carboxylic acids is 2. The summed E-state index contributed by atoms with van der Waals surface area (Å²) in [5.41, 5.74) is -0.757. The van der Waals surface area contributed by atoms with Crippen LogP contribution in [0, 0.1) is 40.4 Å². The molecule has 1 heterocycles. The van der Waals surface area contributed by atoms with Crippen molar-refractivity contribution in [1.82, 2.24) is 4.90 Å². The number of amides is 1. The van der Waals surface area contributed by atoms with Gasteiger partial charge in [0.25, 0.3) is 0 Å². The summed E-state index contributed by atoms with van der Waals surface area (Å²) in [6.45, 7) is 9.28. The first-order chi connectivity index (χ1) is 21.4. The first kappa shape index (κ1) is 30.9. The Labute approximate surface area is 271 Å². The number of ether oxygens (including phenoxy) is 1. The molecule has 7 heteroatoms. The van der Waals surface area contributed by atoms with Crippen molar-refractivity contribution < 1.29 is 24.5 Å². The van der Waals surface area contributed by atoms with Crippen LogP contribution >= 0.6 is 11.3 Å². The Hall–Kier alpha value is -2.74. The summed E-state index contributed by atoms with van der Waals surface area (Å²) in [6, 6.07) is 13.9. The molecule has 3 fully saturated rings. The summed E-state index contributed by atoms with van der Waals surface area (Å²) in [6.07, 6.45) is 11.6. The van der Waals surface area contributed by atoms with Crippen LogP contribution in [0.5, 0.6) is 0 Å². The summed E-state index contributed by atoms with van der Waals surface area (Å²) >= 11 is 1.55. The van der Waals surface area contributed by atoms with Gasteiger partial charge in [-0.25, -0.2) is 4.79 Å². The summed E-state index contributed by atoms with van der Waals surface area (Å²) in [4.78, 5) is 31.5. The van der Waals surface area contributed by atoms with E-state index in [0.29, 0.717) is 19.4 Å². The lowest BCUT2D eigenvalue weighted by Gasteiger charge is -2.71. The molecular formula is C38H47NO5S. The fraction of sp³-hybridized carbons (Fsp3) is 0.579. The molecule has 2 N–H and O–H groups in total. The molecule has 45 heavy (non-hydrogen) atoms. The van der Waals surface area contributed by atoms with E-state index in [0.717, 1.165) is 53.0 Å². The van der Waals surface area contributed by atoms with Crippen molar-refractivity contribution in [3.05, 3.63) is 81.6 Å². The molecule has 8 atom stereocenters. The molecule has 1 aromatic heterocycles. The number of benzene rings is 1. The molecule has 6 aliphatic rings. The molecular weight excluding hydrogens is 582 g/mol. The van der Waals surface area contributed by atoms with Crippen molar-refractivity contribution in [2.24, 2.45) is 33.5 Å². The fourth-order valence-electron chi connectivity index (χ4n) is 10.8. The third kappa shape index (κ3) is 4.33. The number of aliphatic hydroxyl groups excluding tert-OH is 1. The van der Waals surface area contributed by atoms with Crippen molar-refractivity contribution in [1.29, 1.82) is 0 Å². The number of aryl methyl sites for hydroxylation is 1. The average molecular weight is 630 g/mol. The number of aliphatic hydroxyl groups is 2. The molecule has 1 amide bonds. The number of allylic oxidation sites excluding steroid dienone is 4. The number of rotatable bonds is 7. The Morgan fingerprint density at radius 2 is 1.69 bits per heavy atom. The number of fused-ring (bicyclic) bond motifs is 1. The molecule has 0 radical (unpaired) electrons. The number of thiophene rings is 1. The molecule has 1 aromatic carbocycles. The van der Waals surface area contributed by atoms with Gasteiger partial charge >= 0.3 is 6.09 Å². The third-order valence-electron chi connectivity index (χ3n) is 13.1. The van der Waals surface area contributed by atoms with Crippen LogP contribution in [0.15, 0.2) is 66.3 Å². The highest BCUT2D eigenvalue weighted by atomic mass is 32.1. The van der Waals surface area contributed by atoms with Gasteiger partial charge in [-0.2, -0.15) is 0 Å². The number of Topliss-reactive ketones (excluding diaryl/α,β-unsaturated/α-hetero) is 1. The van der Waals surface area contributed by atoms with E-state index in [2.05, 4.69) is 32.1 Å². The second kappa shape index (κ2) is 10.6. The van der Waals surface area contributed by atoms with Crippen molar-refractivity contribution in [3.8, 4) is 0 Å². The molecule has 240 valence electrons. The second-order valence-electron chi connectivity index (χ2n) is 15.1. The Morgan fingerprint density at radius 1 is 0.978 bits per heavy atom. The van der Waals surface area contributed by atoms with Gasteiger partial charge in [0.05, 0.1) is 29.7 Å². The van der Waals surface area contributed by atoms with Gasteiger partial charge in [0.15, 0.2) is 5.78 Å². The van der Waals surface area contributed by atoms with E-state index in [9.17, 15) is 19.8 Å². The molecule has 0 saturated heterocycles. The van der Waals surface area contributed by atoms with E-state index in [1.165, 1.54) is 0 Å². The molecule has 8 rings (SSSR count). The Bertz CT molecular complexity index is 1560. The third-order valence-corrected chi connectivity index (χ3v) is 14.1. The minimum Gasteiger partial charge on any atom is -0.450 e. The zero-order valence-corrected chi connectivity index (χ0v) is 27.9. The van der Waals surface area contributed by atoms with Gasteiger partial charge in [-0.3, -0.25) is 4.79 Å². The normalized spacial score (nSPS) is 39.4. The zero-order chi connectivity index (χ0) is 31.8. The van der Waals surface area contributed by atoms with E-state index < -0.39 is 22.5 Å². The van der Waals surface area contributed by atoms with E-state index >= 15 is 0 Å². The van der Waals surface area contributed by atoms with Crippen LogP contribution in [-0.2, 0) is 11.3 Å². The van der Waals surface area contributed by atoms with Gasteiger partial charge in [-0.05, 0) is 93.7 Å². The molecule has 3 saturated carbocycles. The first-order valence-corrected chi connectivity index (χ1v) is 17.6. The van der Waals surface area contributed by atoms with Gasteiger partial charge in [0.2, 0.25) is 0 Å². The van der Waals surface area contributed by atoms with Crippen molar-refractivity contribution >= 4 is 23.2 Å². The largest absolute Gasteiger partial charge is 0.450 e. The van der Waals surface area contributed by atoms with Gasteiger partial charge in [-0.1, -0.05) is 62.4 Å². The van der Waals surface area contributed by atoms with Crippen molar-refractivity contribution in [2.75, 3.05) is 13.2 Å². The predicted octanol–water partition coefficient (Wildman–Crippen LogP) is 7.49. The van der Waals surface area contributed by atoms with Crippen LogP contribution in [0.4, 0.5) is 4.79 Å². The van der Waals surface area contributed by atoms with E-state index in [1.807, 2.05) is 56.3 Å². The minimum absolute atomic E-state index is 0.0315. The Kier molecular flexibility index (Phi) is 7.31. The SMILES string of the molecule is CCOC(=O)N(Cc1ccccc1)CC1(O)CCC2C34C=CC5(C=C3C(=O)c3ccc(C)s3)CC(O)CCC5(C)C4CCC21C. The Morgan fingerprint density at radius 3 is 2.40 bits per heavy atom. The number of carbonyl (C=O) groups is 2. The van der Waals surface area contributed by atoms with Gasteiger partial charge < -0.3 is 19.8 Å². The highest BCUT2D eigenvalue weighted by molar-refractivity contribution is 7.14. The summed E-state index contributed by atoms with van der Waals surface area (Å²) in [7, 11) is 0. The van der Waals surface area contributed by atoms with Crippen LogP contribution < -0.4 is 0 Å². The Balaban J connectivity index is 1.31. The van der Waals surface area contributed by atoms with Gasteiger partial charge in [0, 0.05) is 33.2 Å². The molecule has 8 unspecified atom stereocenters. The highest BCUT2D eigenvalue weighted by Gasteiger charge is 2.74. The first-order valence-electron chi connectivity index (χ1n) is 16.8. The van der Waals surface area contributed by atoms with Crippen LogP contribution in [0.3, 0.4) is 0 Å². The molecule has 0 aliphatic heterocycles. The lowest BCUT2D eigenvalue weighted by atomic mass is 9.32. The maximum Gasteiger partial charge on any atom is 0.410 e. The summed E-state index contributed by atoms with van der Waals surface area (Å²) < 4.78 is 5.51. The van der Waals surface area contributed by atoms with Gasteiger partial charge in [0.1, 0.15) is 0 Å². The van der Waals surface area contributed by atoms with Crippen molar-refractivity contribution in [3.63, 3.8) is 0 Å². The lowest BCUT2D eigenvalue weighted by molar-refractivity contribution is -0.175. The quantitative estimate of drug-likeness (QED) is 0.245. The van der Waals surface area contributed by atoms with Crippen LogP contribution in [0.2, 0.25) is 0 Å². The maximum absolute atomic E-state index is 14.6. The number of ketones is 1. The number of hydrogen-bond acceptors (Lipinski definition) is 6. The number of nitrogens with zero attached hydrogens (tertiary/aromatic N) is 1. The molecule has 2 aromatic rings. The fourth-order valence-corrected chi connectivity index (χ4v) is 11.6. The summed E-state index contributed by atoms with van der Waals surface area (Å²) in [5, 5.41) is 23.7.